The maximum Gasteiger partial charge on any atom is 0.163 e. The van der Waals surface area contributed by atoms with Gasteiger partial charge in [-0.2, -0.15) is 5.10 Å². The summed E-state index contributed by atoms with van der Waals surface area (Å²) in [5.41, 5.74) is 6.62. The third-order valence-electron chi connectivity index (χ3n) is 3.17. The van der Waals surface area contributed by atoms with Gasteiger partial charge in [0.2, 0.25) is 0 Å². The number of aryl methyl sites for hydroxylation is 1. The van der Waals surface area contributed by atoms with Crippen LogP contribution in [0.5, 0.6) is 0 Å². The molecular weight excluding hydrogens is 218 g/mol. The molecule has 1 aliphatic carbocycles. The van der Waals surface area contributed by atoms with Crippen LogP contribution >= 0.6 is 0 Å². The smallest absolute Gasteiger partial charge is 0.163 e. The van der Waals surface area contributed by atoms with E-state index in [1.807, 2.05) is 7.05 Å². The van der Waals surface area contributed by atoms with E-state index in [-0.39, 0.29) is 0 Å². The van der Waals surface area contributed by atoms with E-state index in [2.05, 4.69) is 15.1 Å². The molecule has 0 radical (unpaired) electrons. The Morgan fingerprint density at radius 3 is 3.00 bits per heavy atom. The fourth-order valence-electron chi connectivity index (χ4n) is 1.89. The second kappa shape index (κ2) is 3.96. The summed E-state index contributed by atoms with van der Waals surface area (Å²) in [6, 6.07) is 0. The van der Waals surface area contributed by atoms with Crippen LogP contribution in [0.1, 0.15) is 25.1 Å². The van der Waals surface area contributed by atoms with Crippen molar-refractivity contribution in [3.63, 3.8) is 0 Å². The van der Waals surface area contributed by atoms with Crippen molar-refractivity contribution in [2.45, 2.75) is 32.0 Å². The zero-order valence-electron chi connectivity index (χ0n) is 9.76. The van der Waals surface area contributed by atoms with Crippen LogP contribution in [-0.4, -0.2) is 25.9 Å². The van der Waals surface area contributed by atoms with Crippen molar-refractivity contribution < 1.29 is 4.74 Å². The van der Waals surface area contributed by atoms with Gasteiger partial charge in [-0.25, -0.2) is 9.97 Å². The fourth-order valence-corrected chi connectivity index (χ4v) is 1.89. The molecular formula is C11H15N5O. The summed E-state index contributed by atoms with van der Waals surface area (Å²) in [6.45, 7) is 0.427. The van der Waals surface area contributed by atoms with Gasteiger partial charge >= 0.3 is 0 Å². The predicted octanol–water partition coefficient (Wildman–Crippen LogP) is 1.01. The molecule has 0 amide bonds. The van der Waals surface area contributed by atoms with Gasteiger partial charge in [0.1, 0.15) is 12.4 Å². The van der Waals surface area contributed by atoms with Crippen molar-refractivity contribution in [1.82, 2.24) is 19.7 Å². The average Bonchev–Trinajstić information content (AvgIpc) is 2.59. The van der Waals surface area contributed by atoms with Crippen molar-refractivity contribution in [3.05, 3.63) is 12.0 Å². The summed E-state index contributed by atoms with van der Waals surface area (Å²) < 4.78 is 7.37. The zero-order chi connectivity index (χ0) is 11.8. The third kappa shape index (κ3) is 1.84. The molecule has 3 rings (SSSR count). The molecule has 2 heterocycles. The molecule has 90 valence electrons. The lowest BCUT2D eigenvalue weighted by atomic mass is 9.96. The number of nitrogens with zero attached hydrogens (tertiary/aromatic N) is 4. The zero-order valence-corrected chi connectivity index (χ0v) is 9.76. The minimum absolute atomic E-state index is 0.377. The van der Waals surface area contributed by atoms with Crippen molar-refractivity contribution >= 4 is 16.9 Å². The SMILES string of the molecule is Cn1ncc2c(N)nc(COC3CCC3)nc21. The first-order valence-electron chi connectivity index (χ1n) is 5.80. The second-order valence-corrected chi connectivity index (χ2v) is 4.39. The first-order chi connectivity index (χ1) is 8.24. The summed E-state index contributed by atoms with van der Waals surface area (Å²) >= 11 is 0. The third-order valence-corrected chi connectivity index (χ3v) is 3.17. The van der Waals surface area contributed by atoms with Crippen LogP contribution in [0.2, 0.25) is 0 Å². The van der Waals surface area contributed by atoms with E-state index < -0.39 is 0 Å². The molecule has 0 unspecified atom stereocenters. The molecule has 0 atom stereocenters. The Hall–Kier alpha value is -1.69. The number of hydrogen-bond donors (Lipinski definition) is 1. The quantitative estimate of drug-likeness (QED) is 0.856. The molecule has 1 fully saturated rings. The molecule has 1 aliphatic rings. The predicted molar refractivity (Wildman–Crippen MR) is 63.1 cm³/mol. The number of aromatic nitrogens is 4. The molecule has 2 N–H and O–H groups in total. The van der Waals surface area contributed by atoms with E-state index in [0.717, 1.165) is 23.9 Å². The number of fused-ring (bicyclic) bond motifs is 1. The van der Waals surface area contributed by atoms with Gasteiger partial charge in [-0.3, -0.25) is 4.68 Å². The Labute approximate surface area is 98.8 Å². The van der Waals surface area contributed by atoms with Crippen LogP contribution in [0.25, 0.3) is 11.0 Å². The van der Waals surface area contributed by atoms with Gasteiger partial charge in [-0.05, 0) is 19.3 Å². The number of rotatable bonds is 3. The van der Waals surface area contributed by atoms with E-state index in [4.69, 9.17) is 10.5 Å². The van der Waals surface area contributed by atoms with Crippen molar-refractivity contribution in [1.29, 1.82) is 0 Å². The molecule has 0 spiro atoms. The normalized spacial score (nSPS) is 16.3. The number of ether oxygens (including phenoxy) is 1. The van der Waals surface area contributed by atoms with Gasteiger partial charge in [-0.1, -0.05) is 0 Å². The van der Waals surface area contributed by atoms with Gasteiger partial charge < -0.3 is 10.5 Å². The standard InChI is InChI=1S/C11H15N5O/c1-16-11-8(5-13-16)10(12)14-9(15-11)6-17-7-3-2-4-7/h5,7H,2-4,6H2,1H3,(H2,12,14,15). The molecule has 17 heavy (non-hydrogen) atoms. The van der Waals surface area contributed by atoms with E-state index in [0.29, 0.717) is 24.4 Å². The maximum atomic E-state index is 5.86. The van der Waals surface area contributed by atoms with Crippen LogP contribution in [0.3, 0.4) is 0 Å². The fraction of sp³-hybridized carbons (Fsp3) is 0.545. The van der Waals surface area contributed by atoms with Crippen LogP contribution in [0.4, 0.5) is 5.82 Å². The monoisotopic (exact) mass is 233 g/mol. The molecule has 6 heteroatoms. The topological polar surface area (TPSA) is 78.9 Å². The van der Waals surface area contributed by atoms with Crippen molar-refractivity contribution in [2.75, 3.05) is 5.73 Å². The Morgan fingerprint density at radius 2 is 2.29 bits per heavy atom. The highest BCUT2D eigenvalue weighted by Crippen LogP contribution is 2.23. The van der Waals surface area contributed by atoms with Gasteiger partial charge in [0.05, 0.1) is 17.7 Å². The van der Waals surface area contributed by atoms with E-state index >= 15 is 0 Å². The number of nitrogen functional groups attached to an aromatic ring is 1. The summed E-state index contributed by atoms with van der Waals surface area (Å²) in [7, 11) is 1.84. The molecule has 1 saturated carbocycles. The molecule has 2 aromatic rings. The highest BCUT2D eigenvalue weighted by atomic mass is 16.5. The summed E-state index contributed by atoms with van der Waals surface area (Å²) in [5.74, 6) is 1.10. The molecule has 6 nitrogen and oxygen atoms in total. The second-order valence-electron chi connectivity index (χ2n) is 4.39. The first kappa shape index (κ1) is 10.5. The Kier molecular flexibility index (Phi) is 2.44. The van der Waals surface area contributed by atoms with Gasteiger partial charge in [-0.15, -0.1) is 0 Å². The maximum absolute atomic E-state index is 5.86. The number of hydrogen-bond acceptors (Lipinski definition) is 5. The van der Waals surface area contributed by atoms with Gasteiger partial charge in [0.25, 0.3) is 0 Å². The lowest BCUT2D eigenvalue weighted by Gasteiger charge is -2.25. The van der Waals surface area contributed by atoms with Crippen LogP contribution in [0.15, 0.2) is 6.20 Å². The lowest BCUT2D eigenvalue weighted by Crippen LogP contribution is -2.21. The minimum Gasteiger partial charge on any atom is -0.383 e. The summed E-state index contributed by atoms with van der Waals surface area (Å²) in [5, 5.41) is 4.91. The van der Waals surface area contributed by atoms with Gasteiger partial charge in [0.15, 0.2) is 11.5 Å². The lowest BCUT2D eigenvalue weighted by molar-refractivity contribution is -0.0115. The molecule has 0 aliphatic heterocycles. The highest BCUT2D eigenvalue weighted by molar-refractivity contribution is 5.84. The first-order valence-corrected chi connectivity index (χ1v) is 5.80. The van der Waals surface area contributed by atoms with E-state index in [9.17, 15) is 0 Å². The largest absolute Gasteiger partial charge is 0.383 e. The average molecular weight is 233 g/mol. The Balaban J connectivity index is 1.85. The Morgan fingerprint density at radius 1 is 1.47 bits per heavy atom. The van der Waals surface area contributed by atoms with Crippen molar-refractivity contribution in [3.8, 4) is 0 Å². The summed E-state index contributed by atoms with van der Waals surface area (Å²) in [4.78, 5) is 8.64. The minimum atomic E-state index is 0.377. The molecule has 2 aromatic heterocycles. The number of anilines is 1. The molecule has 0 bridgehead atoms. The van der Waals surface area contributed by atoms with Crippen LogP contribution < -0.4 is 5.73 Å². The highest BCUT2D eigenvalue weighted by Gasteiger charge is 2.18. The van der Waals surface area contributed by atoms with E-state index in [1.54, 1.807) is 10.9 Å². The summed E-state index contributed by atoms with van der Waals surface area (Å²) in [6.07, 6.45) is 5.60. The van der Waals surface area contributed by atoms with E-state index in [1.165, 1.54) is 6.42 Å². The molecule has 0 saturated heterocycles. The van der Waals surface area contributed by atoms with Crippen LogP contribution in [0, 0.1) is 0 Å². The number of nitrogens with two attached hydrogens (primary N) is 1. The molecule has 0 aromatic carbocycles. The van der Waals surface area contributed by atoms with Crippen LogP contribution in [-0.2, 0) is 18.4 Å². The van der Waals surface area contributed by atoms with Crippen molar-refractivity contribution in [2.24, 2.45) is 7.05 Å². The van der Waals surface area contributed by atoms with Gasteiger partial charge in [0, 0.05) is 7.05 Å². The Bertz CT molecular complexity index is 546.